The average molecular weight is 454 g/mol. The number of esters is 1. The average Bonchev–Trinajstić information content (AvgIpc) is 3.18. The summed E-state index contributed by atoms with van der Waals surface area (Å²) in [5.41, 5.74) is 0.543. The van der Waals surface area contributed by atoms with Crippen molar-refractivity contribution in [3.63, 3.8) is 0 Å². The Labute approximate surface area is 181 Å². The number of benzene rings is 1. The predicted molar refractivity (Wildman–Crippen MR) is 109 cm³/mol. The zero-order valence-electron chi connectivity index (χ0n) is 16.9. The fraction of sp³-hybridized carbons (Fsp3) is 0.300. The van der Waals surface area contributed by atoms with Crippen LogP contribution in [0.1, 0.15) is 41.5 Å². The standard InChI is InChI=1S/C20H19ClF3N5O2/c1-11(2)29-10-15(20(22,23)24)27-17(29)13-6-4-12(5-7-13)8-25-16-14(18(30)31-3)9-26-19(21)28-16/h4-7,9-11H,8H2,1-3H3,(H,25,26,28). The van der Waals surface area contributed by atoms with Crippen LogP contribution in [-0.4, -0.2) is 32.6 Å². The number of methoxy groups -OCH3 is 1. The molecule has 0 bridgehead atoms. The number of alkyl halides is 3. The number of carbonyl (C=O) groups is 1. The number of ether oxygens (including phenoxy) is 1. The number of hydrogen-bond acceptors (Lipinski definition) is 6. The minimum absolute atomic E-state index is 0.0357. The van der Waals surface area contributed by atoms with E-state index in [-0.39, 0.29) is 35.1 Å². The van der Waals surface area contributed by atoms with Gasteiger partial charge in [0, 0.05) is 30.5 Å². The van der Waals surface area contributed by atoms with Crippen molar-refractivity contribution in [2.45, 2.75) is 32.6 Å². The Bertz CT molecular complexity index is 1080. The van der Waals surface area contributed by atoms with Crippen LogP contribution in [0.3, 0.4) is 0 Å². The lowest BCUT2D eigenvalue weighted by Crippen LogP contribution is -2.11. The van der Waals surface area contributed by atoms with Gasteiger partial charge in [0.25, 0.3) is 0 Å². The fourth-order valence-corrected chi connectivity index (χ4v) is 2.98. The number of nitrogens with zero attached hydrogens (tertiary/aromatic N) is 4. The van der Waals surface area contributed by atoms with Crippen molar-refractivity contribution in [3.8, 4) is 11.4 Å². The van der Waals surface area contributed by atoms with Crippen LogP contribution in [0.4, 0.5) is 19.0 Å². The van der Waals surface area contributed by atoms with Crippen molar-refractivity contribution in [1.82, 2.24) is 19.5 Å². The quantitative estimate of drug-likeness (QED) is 0.418. The number of halogens is 4. The number of anilines is 1. The first-order valence-electron chi connectivity index (χ1n) is 9.20. The summed E-state index contributed by atoms with van der Waals surface area (Å²) < 4.78 is 45.5. The maximum Gasteiger partial charge on any atom is 0.434 e. The first-order chi connectivity index (χ1) is 14.6. The molecule has 0 aliphatic heterocycles. The molecule has 2 heterocycles. The molecule has 1 N–H and O–H groups in total. The van der Waals surface area contributed by atoms with Crippen molar-refractivity contribution in [2.24, 2.45) is 0 Å². The molecule has 31 heavy (non-hydrogen) atoms. The van der Waals surface area contributed by atoms with Crippen LogP contribution in [0.5, 0.6) is 0 Å². The largest absolute Gasteiger partial charge is 0.465 e. The molecule has 3 rings (SSSR count). The van der Waals surface area contributed by atoms with Gasteiger partial charge in [0.1, 0.15) is 17.2 Å². The number of rotatable bonds is 6. The molecule has 164 valence electrons. The molecular weight excluding hydrogens is 435 g/mol. The van der Waals surface area contributed by atoms with Gasteiger partial charge in [-0.2, -0.15) is 18.2 Å². The number of imidazole rings is 1. The predicted octanol–water partition coefficient (Wildman–Crippen LogP) is 4.99. The van der Waals surface area contributed by atoms with Gasteiger partial charge >= 0.3 is 12.1 Å². The molecule has 0 saturated heterocycles. The van der Waals surface area contributed by atoms with Crippen LogP contribution in [-0.2, 0) is 17.5 Å². The smallest absolute Gasteiger partial charge is 0.434 e. The molecule has 0 unspecified atom stereocenters. The minimum Gasteiger partial charge on any atom is -0.465 e. The maximum absolute atomic E-state index is 13.1. The van der Waals surface area contributed by atoms with E-state index in [9.17, 15) is 18.0 Å². The summed E-state index contributed by atoms with van der Waals surface area (Å²) in [6.07, 6.45) is -2.24. The Kier molecular flexibility index (Phi) is 6.49. The molecule has 0 saturated carbocycles. The summed E-state index contributed by atoms with van der Waals surface area (Å²) in [6.45, 7) is 3.86. The molecule has 0 radical (unpaired) electrons. The lowest BCUT2D eigenvalue weighted by molar-refractivity contribution is -0.140. The van der Waals surface area contributed by atoms with Crippen LogP contribution in [0.2, 0.25) is 5.28 Å². The van der Waals surface area contributed by atoms with Gasteiger partial charge in [0.15, 0.2) is 5.69 Å². The highest BCUT2D eigenvalue weighted by Crippen LogP contribution is 2.32. The third-order valence-corrected chi connectivity index (χ3v) is 4.60. The Morgan fingerprint density at radius 2 is 1.90 bits per heavy atom. The highest BCUT2D eigenvalue weighted by molar-refractivity contribution is 6.28. The number of nitrogens with one attached hydrogen (secondary N) is 1. The van der Waals surface area contributed by atoms with Gasteiger partial charge in [-0.05, 0) is 31.0 Å². The summed E-state index contributed by atoms with van der Waals surface area (Å²) in [4.78, 5) is 23.4. The van der Waals surface area contributed by atoms with Gasteiger partial charge < -0.3 is 14.6 Å². The molecule has 0 amide bonds. The molecule has 0 spiro atoms. The number of hydrogen-bond donors (Lipinski definition) is 1. The van der Waals surface area contributed by atoms with E-state index >= 15 is 0 Å². The normalized spacial score (nSPS) is 11.6. The number of aromatic nitrogens is 4. The summed E-state index contributed by atoms with van der Waals surface area (Å²) in [5.74, 6) is -0.172. The minimum atomic E-state index is -4.52. The zero-order valence-corrected chi connectivity index (χ0v) is 17.6. The monoisotopic (exact) mass is 453 g/mol. The van der Waals surface area contributed by atoms with E-state index in [1.165, 1.54) is 17.9 Å². The summed E-state index contributed by atoms with van der Waals surface area (Å²) >= 11 is 5.81. The highest BCUT2D eigenvalue weighted by atomic mass is 35.5. The van der Waals surface area contributed by atoms with Crippen LogP contribution in [0, 0.1) is 0 Å². The molecule has 2 aromatic heterocycles. The highest BCUT2D eigenvalue weighted by Gasteiger charge is 2.35. The SMILES string of the molecule is COC(=O)c1cnc(Cl)nc1NCc1ccc(-c2nc(C(F)(F)F)cn2C(C)C)cc1. The molecule has 0 aliphatic rings. The van der Waals surface area contributed by atoms with Crippen LogP contribution in [0.15, 0.2) is 36.7 Å². The van der Waals surface area contributed by atoms with Crippen LogP contribution in [0.25, 0.3) is 11.4 Å². The zero-order chi connectivity index (χ0) is 22.8. The third-order valence-electron chi connectivity index (χ3n) is 4.42. The van der Waals surface area contributed by atoms with E-state index < -0.39 is 17.8 Å². The topological polar surface area (TPSA) is 81.9 Å². The molecule has 7 nitrogen and oxygen atoms in total. The van der Waals surface area contributed by atoms with Gasteiger partial charge in [-0.3, -0.25) is 0 Å². The van der Waals surface area contributed by atoms with Gasteiger partial charge in [0.05, 0.1) is 7.11 Å². The Morgan fingerprint density at radius 1 is 1.23 bits per heavy atom. The maximum atomic E-state index is 13.1. The second-order valence-corrected chi connectivity index (χ2v) is 7.23. The lowest BCUT2D eigenvalue weighted by Gasteiger charge is -2.12. The van der Waals surface area contributed by atoms with E-state index in [1.54, 1.807) is 38.1 Å². The van der Waals surface area contributed by atoms with E-state index in [0.717, 1.165) is 11.8 Å². The first kappa shape index (κ1) is 22.5. The Balaban J connectivity index is 1.82. The van der Waals surface area contributed by atoms with Gasteiger partial charge in [-0.1, -0.05) is 24.3 Å². The first-order valence-corrected chi connectivity index (χ1v) is 9.58. The summed E-state index contributed by atoms with van der Waals surface area (Å²) in [5, 5.41) is 2.96. The lowest BCUT2D eigenvalue weighted by atomic mass is 10.1. The molecular formula is C20H19ClF3N5O2. The second-order valence-electron chi connectivity index (χ2n) is 6.89. The van der Waals surface area contributed by atoms with E-state index in [4.69, 9.17) is 16.3 Å². The third kappa shape index (κ3) is 5.13. The van der Waals surface area contributed by atoms with Crippen molar-refractivity contribution in [3.05, 3.63) is 58.8 Å². The number of carbonyl (C=O) groups excluding carboxylic acids is 1. The second kappa shape index (κ2) is 8.93. The van der Waals surface area contributed by atoms with Gasteiger partial charge in [-0.15, -0.1) is 0 Å². The fourth-order valence-electron chi connectivity index (χ4n) is 2.85. The summed E-state index contributed by atoms with van der Waals surface area (Å²) in [6, 6.07) is 6.67. The van der Waals surface area contributed by atoms with E-state index in [1.807, 2.05) is 0 Å². The molecule has 1 aromatic carbocycles. The molecule has 0 atom stereocenters. The van der Waals surface area contributed by atoms with Gasteiger partial charge in [-0.25, -0.2) is 14.8 Å². The van der Waals surface area contributed by atoms with Crippen molar-refractivity contribution >= 4 is 23.4 Å². The van der Waals surface area contributed by atoms with Crippen molar-refractivity contribution < 1.29 is 22.7 Å². The van der Waals surface area contributed by atoms with Crippen molar-refractivity contribution in [2.75, 3.05) is 12.4 Å². The van der Waals surface area contributed by atoms with Crippen LogP contribution >= 0.6 is 11.6 Å². The summed E-state index contributed by atoms with van der Waals surface area (Å²) in [7, 11) is 1.24. The van der Waals surface area contributed by atoms with E-state index in [0.29, 0.717) is 5.56 Å². The van der Waals surface area contributed by atoms with E-state index in [2.05, 4.69) is 20.3 Å². The molecule has 11 heteroatoms. The van der Waals surface area contributed by atoms with Gasteiger partial charge in [0.2, 0.25) is 5.28 Å². The Morgan fingerprint density at radius 3 is 2.48 bits per heavy atom. The van der Waals surface area contributed by atoms with Crippen LogP contribution < -0.4 is 5.32 Å². The molecule has 3 aromatic rings. The van der Waals surface area contributed by atoms with Crippen molar-refractivity contribution in [1.29, 1.82) is 0 Å². The Hall–Kier alpha value is -3.14. The molecule has 0 fully saturated rings. The molecule has 0 aliphatic carbocycles.